The minimum absolute atomic E-state index is 0.272. The van der Waals surface area contributed by atoms with Crippen molar-refractivity contribution in [1.29, 1.82) is 5.26 Å². The summed E-state index contributed by atoms with van der Waals surface area (Å²) in [6.07, 6.45) is 6.11. The molecule has 0 rings (SSSR count). The first-order valence-corrected chi connectivity index (χ1v) is 6.47. The Hall–Kier alpha value is -1.24. The molecule has 0 N–H and O–H groups in total. The molecule has 0 aliphatic carbocycles. The summed E-state index contributed by atoms with van der Waals surface area (Å²) in [5.41, 5.74) is 0. The molecule has 0 heterocycles. The number of hydrogen-bond donors (Lipinski definition) is 0. The fourth-order valence-electron chi connectivity index (χ4n) is 1.53. The molecule has 4 nitrogen and oxygen atoms in total. The predicted molar refractivity (Wildman–Crippen MR) is 65.5 cm³/mol. The van der Waals surface area contributed by atoms with Crippen molar-refractivity contribution in [2.24, 2.45) is 0 Å². The summed E-state index contributed by atoms with van der Waals surface area (Å²) in [6, 6.07) is 1.97. The molecular weight excluding hydrogens is 218 g/mol. The first kappa shape index (κ1) is 15.8. The van der Waals surface area contributed by atoms with Gasteiger partial charge in [0, 0.05) is 0 Å². The van der Waals surface area contributed by atoms with Gasteiger partial charge in [-0.2, -0.15) is 5.26 Å². The van der Waals surface area contributed by atoms with Crippen LogP contribution in [-0.2, 0) is 9.47 Å². The van der Waals surface area contributed by atoms with Crippen molar-refractivity contribution in [3.8, 4) is 6.07 Å². The van der Waals surface area contributed by atoms with E-state index in [1.54, 1.807) is 6.92 Å². The van der Waals surface area contributed by atoms with Crippen LogP contribution in [0.5, 0.6) is 0 Å². The summed E-state index contributed by atoms with van der Waals surface area (Å²) in [7, 11) is 0. The predicted octanol–water partition coefficient (Wildman–Crippen LogP) is 3.80. The fraction of sp³-hybridized carbons (Fsp3) is 0.846. The van der Waals surface area contributed by atoms with Gasteiger partial charge in [-0.15, -0.1) is 0 Å². The molecule has 0 aliphatic heterocycles. The van der Waals surface area contributed by atoms with E-state index in [0.717, 1.165) is 12.8 Å². The van der Waals surface area contributed by atoms with Gasteiger partial charge >= 0.3 is 6.16 Å². The van der Waals surface area contributed by atoms with Gasteiger partial charge in [-0.1, -0.05) is 39.0 Å². The monoisotopic (exact) mass is 241 g/mol. The van der Waals surface area contributed by atoms with E-state index in [4.69, 9.17) is 10.00 Å². The molecule has 98 valence electrons. The number of carbonyl (C=O) groups is 1. The topological polar surface area (TPSA) is 59.3 Å². The number of nitriles is 1. The second-order valence-electron chi connectivity index (χ2n) is 3.98. The smallest absolute Gasteiger partial charge is 0.435 e. The number of rotatable bonds is 9. The third kappa shape index (κ3) is 9.68. The third-order valence-corrected chi connectivity index (χ3v) is 2.46. The van der Waals surface area contributed by atoms with Crippen molar-refractivity contribution in [1.82, 2.24) is 0 Å². The van der Waals surface area contributed by atoms with E-state index in [1.165, 1.54) is 25.7 Å². The van der Waals surface area contributed by atoms with Gasteiger partial charge in [0.2, 0.25) is 0 Å². The van der Waals surface area contributed by atoms with Crippen molar-refractivity contribution in [3.05, 3.63) is 0 Å². The van der Waals surface area contributed by atoms with Crippen molar-refractivity contribution < 1.29 is 14.3 Å². The van der Waals surface area contributed by atoms with Crippen LogP contribution in [-0.4, -0.2) is 18.9 Å². The molecule has 4 heteroatoms. The van der Waals surface area contributed by atoms with Crippen LogP contribution in [0.2, 0.25) is 0 Å². The van der Waals surface area contributed by atoms with E-state index in [0.29, 0.717) is 6.42 Å². The van der Waals surface area contributed by atoms with E-state index in [1.807, 2.05) is 6.07 Å². The highest BCUT2D eigenvalue weighted by Gasteiger charge is 2.13. The van der Waals surface area contributed by atoms with Crippen LogP contribution in [0.15, 0.2) is 0 Å². The van der Waals surface area contributed by atoms with E-state index in [9.17, 15) is 4.79 Å². The molecule has 0 saturated carbocycles. The molecule has 0 amide bonds. The third-order valence-electron chi connectivity index (χ3n) is 2.46. The van der Waals surface area contributed by atoms with E-state index < -0.39 is 12.3 Å². The maximum atomic E-state index is 11.0. The molecule has 0 fully saturated rings. The Morgan fingerprint density at radius 2 is 1.82 bits per heavy atom. The average Bonchev–Trinajstić information content (AvgIpc) is 2.32. The quantitative estimate of drug-likeness (QED) is 0.455. The van der Waals surface area contributed by atoms with Gasteiger partial charge in [0.25, 0.3) is 0 Å². The zero-order chi connectivity index (χ0) is 12.9. The van der Waals surface area contributed by atoms with Crippen LogP contribution in [0.25, 0.3) is 0 Å². The molecule has 0 aliphatic rings. The highest BCUT2D eigenvalue weighted by molar-refractivity contribution is 5.60. The van der Waals surface area contributed by atoms with Gasteiger partial charge in [-0.25, -0.2) is 4.79 Å². The van der Waals surface area contributed by atoms with Gasteiger partial charge in [0.1, 0.15) is 6.07 Å². The molecule has 0 bridgehead atoms. The first-order chi connectivity index (χ1) is 8.24. The molecule has 17 heavy (non-hydrogen) atoms. The molecule has 1 atom stereocenters. The zero-order valence-electron chi connectivity index (χ0n) is 10.9. The largest absolute Gasteiger partial charge is 0.509 e. The average molecular weight is 241 g/mol. The van der Waals surface area contributed by atoms with Gasteiger partial charge in [0.05, 0.1) is 6.61 Å². The van der Waals surface area contributed by atoms with Gasteiger partial charge in [0.15, 0.2) is 6.10 Å². The van der Waals surface area contributed by atoms with Crippen LogP contribution < -0.4 is 0 Å². The SMILES string of the molecule is CCCCCCCC[C@H](C#N)OC(=O)OCC. The van der Waals surface area contributed by atoms with Crippen LogP contribution in [0.3, 0.4) is 0 Å². The number of ether oxygens (including phenoxy) is 2. The van der Waals surface area contributed by atoms with E-state index in [-0.39, 0.29) is 6.61 Å². The lowest BCUT2D eigenvalue weighted by Gasteiger charge is -2.10. The second-order valence-corrected chi connectivity index (χ2v) is 3.98. The fourth-order valence-corrected chi connectivity index (χ4v) is 1.53. The van der Waals surface area contributed by atoms with Crippen LogP contribution in [0, 0.1) is 11.3 Å². The molecule has 0 radical (unpaired) electrons. The Morgan fingerprint density at radius 3 is 2.41 bits per heavy atom. The first-order valence-electron chi connectivity index (χ1n) is 6.47. The van der Waals surface area contributed by atoms with Crippen molar-refractivity contribution in [3.63, 3.8) is 0 Å². The Morgan fingerprint density at radius 1 is 1.18 bits per heavy atom. The Kier molecular flexibility index (Phi) is 10.4. The highest BCUT2D eigenvalue weighted by Crippen LogP contribution is 2.10. The van der Waals surface area contributed by atoms with Gasteiger partial charge in [-0.05, 0) is 19.8 Å². The molecule has 0 aromatic rings. The Balaban J connectivity index is 3.55. The van der Waals surface area contributed by atoms with Crippen molar-refractivity contribution >= 4 is 6.16 Å². The number of nitrogens with zero attached hydrogens (tertiary/aromatic N) is 1. The lowest BCUT2D eigenvalue weighted by molar-refractivity contribution is 0.0396. The summed E-state index contributed by atoms with van der Waals surface area (Å²) in [4.78, 5) is 11.0. The van der Waals surface area contributed by atoms with E-state index in [2.05, 4.69) is 11.7 Å². The number of carbonyl (C=O) groups excluding carboxylic acids is 1. The minimum atomic E-state index is -0.745. The molecule has 0 spiro atoms. The summed E-state index contributed by atoms with van der Waals surface area (Å²) in [6.45, 7) is 4.16. The Labute approximate surface area is 104 Å². The molecular formula is C13H23NO3. The van der Waals surface area contributed by atoms with E-state index >= 15 is 0 Å². The molecule has 0 saturated heterocycles. The van der Waals surface area contributed by atoms with Crippen molar-refractivity contribution in [2.75, 3.05) is 6.61 Å². The second kappa shape index (κ2) is 11.3. The zero-order valence-corrected chi connectivity index (χ0v) is 10.9. The van der Waals surface area contributed by atoms with Crippen LogP contribution in [0.1, 0.15) is 58.8 Å². The Bertz CT molecular complexity index is 235. The lowest BCUT2D eigenvalue weighted by atomic mass is 10.1. The summed E-state index contributed by atoms with van der Waals surface area (Å²) in [5, 5.41) is 8.80. The van der Waals surface area contributed by atoms with Gasteiger partial charge in [-0.3, -0.25) is 0 Å². The molecule has 0 aromatic heterocycles. The van der Waals surface area contributed by atoms with Gasteiger partial charge < -0.3 is 9.47 Å². The maximum Gasteiger partial charge on any atom is 0.509 e. The highest BCUT2D eigenvalue weighted by atomic mass is 16.7. The number of hydrogen-bond acceptors (Lipinski definition) is 4. The summed E-state index contributed by atoms with van der Waals surface area (Å²) in [5.74, 6) is 0. The molecule has 0 aromatic carbocycles. The van der Waals surface area contributed by atoms with Crippen LogP contribution in [0.4, 0.5) is 4.79 Å². The van der Waals surface area contributed by atoms with Crippen LogP contribution >= 0.6 is 0 Å². The summed E-state index contributed by atoms with van der Waals surface area (Å²) < 4.78 is 9.47. The number of unbranched alkanes of at least 4 members (excludes halogenated alkanes) is 5. The van der Waals surface area contributed by atoms with Crippen molar-refractivity contribution in [2.45, 2.75) is 64.9 Å². The standard InChI is InChI=1S/C13H23NO3/c1-3-5-6-7-8-9-10-12(11-14)17-13(15)16-4-2/h12H,3-10H2,1-2H3/t12-/m1/s1. The lowest BCUT2D eigenvalue weighted by Crippen LogP contribution is -2.17. The minimum Gasteiger partial charge on any atom is -0.435 e. The summed E-state index contributed by atoms with van der Waals surface area (Å²) >= 11 is 0. The maximum absolute atomic E-state index is 11.0. The molecule has 0 unspecified atom stereocenters. The normalized spacial score (nSPS) is 11.6.